The van der Waals surface area contributed by atoms with Gasteiger partial charge in [0, 0.05) is 44.3 Å². The van der Waals surface area contributed by atoms with Gasteiger partial charge in [0.15, 0.2) is 0 Å². The van der Waals surface area contributed by atoms with E-state index in [4.69, 9.17) is 0 Å². The number of hydrogen-bond acceptors (Lipinski definition) is 4. The standard InChI is InChI=1S/C28H41FN4O2/c1-20(2)30-26(34)18-31-7-9-32(10-8-31)19-27(35)33(17-21-3-5-25(29)6-4-21)28-14-22-11-23(15-28)13-24(12-22)16-28/h3-6,20,22-24H,7-19H2,1-2H3,(H,30,34). The first-order chi connectivity index (χ1) is 16.8. The normalized spacial score (nSPS) is 30.6. The number of carbonyl (C=O) groups excluding carboxylic acids is 2. The highest BCUT2D eigenvalue weighted by Crippen LogP contribution is 2.58. The smallest absolute Gasteiger partial charge is 0.237 e. The van der Waals surface area contributed by atoms with Crippen LogP contribution in [0.25, 0.3) is 0 Å². The second-order valence-electron chi connectivity index (χ2n) is 12.0. The van der Waals surface area contributed by atoms with E-state index in [1.807, 2.05) is 26.0 Å². The summed E-state index contributed by atoms with van der Waals surface area (Å²) in [4.78, 5) is 32.7. The van der Waals surface area contributed by atoms with Crippen LogP contribution in [0.5, 0.6) is 0 Å². The SMILES string of the molecule is CC(C)NC(=O)CN1CCN(CC(=O)N(Cc2ccc(F)cc2)C23CC4CC(CC(C4)C2)C3)CC1. The van der Waals surface area contributed by atoms with Crippen molar-refractivity contribution in [2.24, 2.45) is 17.8 Å². The van der Waals surface area contributed by atoms with Gasteiger partial charge in [0.1, 0.15) is 5.82 Å². The third-order valence-electron chi connectivity index (χ3n) is 8.77. The van der Waals surface area contributed by atoms with E-state index >= 15 is 0 Å². The molecule has 6 nitrogen and oxygen atoms in total. The van der Waals surface area contributed by atoms with Crippen LogP contribution in [0.4, 0.5) is 4.39 Å². The number of rotatable bonds is 8. The van der Waals surface area contributed by atoms with Gasteiger partial charge in [-0.1, -0.05) is 12.1 Å². The molecule has 0 unspecified atom stereocenters. The van der Waals surface area contributed by atoms with Gasteiger partial charge in [-0.3, -0.25) is 19.4 Å². The molecule has 2 amide bonds. The average Bonchev–Trinajstić information content (AvgIpc) is 2.78. The second-order valence-corrected chi connectivity index (χ2v) is 12.0. The molecule has 192 valence electrons. The van der Waals surface area contributed by atoms with Crippen LogP contribution in [0.15, 0.2) is 24.3 Å². The molecule has 1 N–H and O–H groups in total. The van der Waals surface area contributed by atoms with Crippen molar-refractivity contribution < 1.29 is 14.0 Å². The molecule has 5 fully saturated rings. The van der Waals surface area contributed by atoms with E-state index in [0.29, 0.717) is 19.6 Å². The van der Waals surface area contributed by atoms with Crippen LogP contribution in [0, 0.1) is 23.6 Å². The van der Waals surface area contributed by atoms with E-state index in [1.165, 1.54) is 31.4 Å². The van der Waals surface area contributed by atoms with Crippen LogP contribution >= 0.6 is 0 Å². The van der Waals surface area contributed by atoms with Crippen molar-refractivity contribution in [3.8, 4) is 0 Å². The molecule has 1 aromatic carbocycles. The summed E-state index contributed by atoms with van der Waals surface area (Å²) in [6, 6.07) is 6.82. The molecule has 5 aliphatic rings. The van der Waals surface area contributed by atoms with Gasteiger partial charge in [0.2, 0.25) is 11.8 Å². The Labute approximate surface area is 209 Å². The maximum atomic E-state index is 13.9. The summed E-state index contributed by atoms with van der Waals surface area (Å²) >= 11 is 0. The molecule has 0 atom stereocenters. The Kier molecular flexibility index (Phi) is 7.18. The minimum absolute atomic E-state index is 0.0308. The van der Waals surface area contributed by atoms with Crippen LogP contribution in [0.3, 0.4) is 0 Å². The Hall–Kier alpha value is -1.99. The lowest BCUT2D eigenvalue weighted by Crippen LogP contribution is -2.62. The van der Waals surface area contributed by atoms with Crippen molar-refractivity contribution >= 4 is 11.8 Å². The first-order valence-corrected chi connectivity index (χ1v) is 13.6. The van der Waals surface area contributed by atoms with E-state index in [1.54, 1.807) is 0 Å². The highest BCUT2D eigenvalue weighted by atomic mass is 19.1. The lowest BCUT2D eigenvalue weighted by molar-refractivity contribution is -0.154. The summed E-state index contributed by atoms with van der Waals surface area (Å²) in [5.74, 6) is 2.31. The molecule has 1 aliphatic heterocycles. The van der Waals surface area contributed by atoms with Crippen molar-refractivity contribution in [2.45, 2.75) is 70.5 Å². The third kappa shape index (κ3) is 5.72. The summed E-state index contributed by atoms with van der Waals surface area (Å²) < 4.78 is 13.6. The number of nitrogens with one attached hydrogen (secondary N) is 1. The maximum Gasteiger partial charge on any atom is 0.237 e. The number of benzene rings is 1. The van der Waals surface area contributed by atoms with Gasteiger partial charge >= 0.3 is 0 Å². The monoisotopic (exact) mass is 484 g/mol. The van der Waals surface area contributed by atoms with Crippen LogP contribution in [-0.2, 0) is 16.1 Å². The lowest BCUT2D eigenvalue weighted by Gasteiger charge is -2.60. The van der Waals surface area contributed by atoms with Crippen molar-refractivity contribution in [2.75, 3.05) is 39.3 Å². The Bertz CT molecular complexity index is 875. The zero-order chi connectivity index (χ0) is 24.6. The minimum atomic E-state index is -0.235. The predicted octanol–water partition coefficient (Wildman–Crippen LogP) is 3.27. The molecule has 4 saturated carbocycles. The van der Waals surface area contributed by atoms with Crippen LogP contribution in [-0.4, -0.2) is 77.4 Å². The number of hydrogen-bond donors (Lipinski definition) is 1. The number of carbonyl (C=O) groups is 2. The van der Waals surface area contributed by atoms with Gasteiger partial charge < -0.3 is 10.2 Å². The lowest BCUT2D eigenvalue weighted by atomic mass is 9.52. The summed E-state index contributed by atoms with van der Waals surface area (Å²) in [6.45, 7) is 8.56. The quantitative estimate of drug-likeness (QED) is 0.616. The number of halogens is 1. The molecule has 1 aromatic rings. The molecule has 1 heterocycles. The van der Waals surface area contributed by atoms with Crippen molar-refractivity contribution in [1.82, 2.24) is 20.0 Å². The van der Waals surface area contributed by atoms with Crippen molar-refractivity contribution in [3.63, 3.8) is 0 Å². The largest absolute Gasteiger partial charge is 0.353 e. The molecular formula is C28H41FN4O2. The summed E-state index contributed by atoms with van der Waals surface area (Å²) in [5, 5.41) is 2.96. The fraction of sp³-hybridized carbons (Fsp3) is 0.714. The fourth-order valence-electron chi connectivity index (χ4n) is 7.64. The summed E-state index contributed by atoms with van der Waals surface area (Å²) in [6.07, 6.45) is 7.40. The van der Waals surface area contributed by atoms with Crippen molar-refractivity contribution in [1.29, 1.82) is 0 Å². The number of piperazine rings is 1. The maximum absolute atomic E-state index is 13.9. The third-order valence-corrected chi connectivity index (χ3v) is 8.77. The van der Waals surface area contributed by atoms with E-state index in [-0.39, 0.29) is 29.2 Å². The van der Waals surface area contributed by atoms with Gasteiger partial charge in [-0.25, -0.2) is 4.39 Å². The van der Waals surface area contributed by atoms with E-state index in [0.717, 1.165) is 68.8 Å². The molecule has 4 bridgehead atoms. The van der Waals surface area contributed by atoms with E-state index in [2.05, 4.69) is 20.0 Å². The first kappa shape index (κ1) is 24.7. The van der Waals surface area contributed by atoms with Gasteiger partial charge in [-0.05, 0) is 87.8 Å². The number of nitrogens with zero attached hydrogens (tertiary/aromatic N) is 3. The molecular weight excluding hydrogens is 443 g/mol. The van der Waals surface area contributed by atoms with Crippen LogP contribution in [0.1, 0.15) is 57.9 Å². The molecule has 0 radical (unpaired) electrons. The van der Waals surface area contributed by atoms with E-state index < -0.39 is 0 Å². The molecule has 1 saturated heterocycles. The first-order valence-electron chi connectivity index (χ1n) is 13.6. The Balaban J connectivity index is 1.25. The highest BCUT2D eigenvalue weighted by molar-refractivity contribution is 5.79. The Morgan fingerprint density at radius 2 is 1.46 bits per heavy atom. The molecule has 4 aliphatic carbocycles. The second kappa shape index (κ2) is 10.2. The molecule has 0 aromatic heterocycles. The predicted molar refractivity (Wildman–Crippen MR) is 134 cm³/mol. The fourth-order valence-corrected chi connectivity index (χ4v) is 7.64. The Morgan fingerprint density at radius 3 is 1.97 bits per heavy atom. The van der Waals surface area contributed by atoms with E-state index in [9.17, 15) is 14.0 Å². The molecule has 6 rings (SSSR count). The topological polar surface area (TPSA) is 55.9 Å². The van der Waals surface area contributed by atoms with Crippen molar-refractivity contribution in [3.05, 3.63) is 35.6 Å². The van der Waals surface area contributed by atoms with Gasteiger partial charge in [-0.15, -0.1) is 0 Å². The van der Waals surface area contributed by atoms with Gasteiger partial charge in [-0.2, -0.15) is 0 Å². The molecule has 7 heteroatoms. The average molecular weight is 485 g/mol. The zero-order valence-electron chi connectivity index (χ0n) is 21.3. The van der Waals surface area contributed by atoms with Crippen LogP contribution in [0.2, 0.25) is 0 Å². The Morgan fingerprint density at radius 1 is 0.943 bits per heavy atom. The van der Waals surface area contributed by atoms with Crippen LogP contribution < -0.4 is 5.32 Å². The molecule has 0 spiro atoms. The van der Waals surface area contributed by atoms with Gasteiger partial charge in [0.25, 0.3) is 0 Å². The minimum Gasteiger partial charge on any atom is -0.353 e. The van der Waals surface area contributed by atoms with Gasteiger partial charge in [0.05, 0.1) is 13.1 Å². The highest BCUT2D eigenvalue weighted by Gasteiger charge is 2.54. The summed E-state index contributed by atoms with van der Waals surface area (Å²) in [7, 11) is 0. The molecule has 35 heavy (non-hydrogen) atoms. The zero-order valence-corrected chi connectivity index (χ0v) is 21.3. The summed E-state index contributed by atoms with van der Waals surface area (Å²) in [5.41, 5.74) is 0.980. The number of amides is 2.